The third-order valence-corrected chi connectivity index (χ3v) is 1.76. The minimum Gasteiger partial charge on any atom is -0.306 e. The van der Waals surface area contributed by atoms with Gasteiger partial charge in [-0.25, -0.2) is 0 Å². The highest BCUT2D eigenvalue weighted by atomic mass is 19.1. The highest BCUT2D eigenvalue weighted by molar-refractivity contribution is 4.53. The molecular weight excluding hydrogens is 141 g/mol. The monoisotopic (exact) mass is 161 g/mol. The van der Waals surface area contributed by atoms with E-state index in [1.807, 2.05) is 0 Å². The van der Waals surface area contributed by atoms with Crippen LogP contribution >= 0.6 is 0 Å². The van der Waals surface area contributed by atoms with E-state index in [4.69, 9.17) is 0 Å². The molecular formula is C9H20FN. The Morgan fingerprint density at radius 2 is 1.91 bits per heavy atom. The van der Waals surface area contributed by atoms with Crippen molar-refractivity contribution in [2.24, 2.45) is 5.92 Å². The largest absolute Gasteiger partial charge is 0.306 e. The number of rotatable bonds is 6. The van der Waals surface area contributed by atoms with Crippen LogP contribution in [0.3, 0.4) is 0 Å². The minimum atomic E-state index is -0.188. The number of alkyl halides is 1. The van der Waals surface area contributed by atoms with Crippen molar-refractivity contribution in [3.63, 3.8) is 0 Å². The average molecular weight is 161 g/mol. The zero-order valence-corrected chi connectivity index (χ0v) is 7.94. The van der Waals surface area contributed by atoms with E-state index in [1.165, 1.54) is 6.42 Å². The van der Waals surface area contributed by atoms with Gasteiger partial charge in [0.15, 0.2) is 0 Å². The molecule has 0 aliphatic heterocycles. The first kappa shape index (κ1) is 10.9. The topological polar surface area (TPSA) is 3.24 Å². The molecule has 0 aromatic heterocycles. The summed E-state index contributed by atoms with van der Waals surface area (Å²) in [5.41, 5.74) is 0. The summed E-state index contributed by atoms with van der Waals surface area (Å²) in [4.78, 5) is 2.19. The maximum atomic E-state index is 11.7. The van der Waals surface area contributed by atoms with Gasteiger partial charge in [0.2, 0.25) is 0 Å². The van der Waals surface area contributed by atoms with Crippen molar-refractivity contribution >= 4 is 0 Å². The van der Waals surface area contributed by atoms with Crippen LogP contribution in [0.5, 0.6) is 0 Å². The van der Waals surface area contributed by atoms with Gasteiger partial charge in [0.1, 0.15) is 0 Å². The second-order valence-electron chi connectivity index (χ2n) is 3.53. The molecule has 0 spiro atoms. The molecule has 1 nitrogen and oxygen atoms in total. The standard InChI is InChI=1S/C9H20FN/c1-9(2)5-8-11(3)7-4-6-10/h9H,4-8H2,1-3H3. The van der Waals surface area contributed by atoms with E-state index in [9.17, 15) is 4.39 Å². The molecule has 0 rings (SSSR count). The summed E-state index contributed by atoms with van der Waals surface area (Å²) in [5, 5.41) is 0. The van der Waals surface area contributed by atoms with Gasteiger partial charge >= 0.3 is 0 Å². The molecule has 0 fully saturated rings. The van der Waals surface area contributed by atoms with Crippen LogP contribution in [-0.2, 0) is 0 Å². The summed E-state index contributed by atoms with van der Waals surface area (Å²) in [5.74, 6) is 0.753. The summed E-state index contributed by atoms with van der Waals surface area (Å²) >= 11 is 0. The van der Waals surface area contributed by atoms with E-state index in [0.29, 0.717) is 6.42 Å². The highest BCUT2D eigenvalue weighted by Gasteiger charge is 1.99. The Hall–Kier alpha value is -0.110. The zero-order chi connectivity index (χ0) is 8.69. The van der Waals surface area contributed by atoms with Crippen LogP contribution < -0.4 is 0 Å². The van der Waals surface area contributed by atoms with Gasteiger partial charge in [0.05, 0.1) is 6.67 Å². The Morgan fingerprint density at radius 1 is 1.27 bits per heavy atom. The van der Waals surface area contributed by atoms with Crippen LogP contribution in [0.1, 0.15) is 26.7 Å². The molecule has 0 saturated heterocycles. The third-order valence-electron chi connectivity index (χ3n) is 1.76. The molecule has 0 aromatic rings. The molecule has 0 aliphatic rings. The highest BCUT2D eigenvalue weighted by Crippen LogP contribution is 2.00. The smallest absolute Gasteiger partial charge is 0.0906 e. The fraction of sp³-hybridized carbons (Fsp3) is 1.00. The lowest BCUT2D eigenvalue weighted by atomic mass is 10.1. The molecule has 0 N–H and O–H groups in total. The van der Waals surface area contributed by atoms with Crippen molar-refractivity contribution in [3.05, 3.63) is 0 Å². The van der Waals surface area contributed by atoms with Crippen molar-refractivity contribution in [1.82, 2.24) is 4.90 Å². The number of hydrogen-bond acceptors (Lipinski definition) is 1. The predicted molar refractivity (Wildman–Crippen MR) is 47.5 cm³/mol. The number of nitrogens with zero attached hydrogens (tertiary/aromatic N) is 1. The molecule has 0 heterocycles. The molecule has 0 atom stereocenters. The van der Waals surface area contributed by atoms with Gasteiger partial charge in [-0.3, -0.25) is 4.39 Å². The lowest BCUT2D eigenvalue weighted by Gasteiger charge is -2.16. The quantitative estimate of drug-likeness (QED) is 0.578. The van der Waals surface area contributed by atoms with Crippen LogP contribution in [0.25, 0.3) is 0 Å². The van der Waals surface area contributed by atoms with Gasteiger partial charge in [0.25, 0.3) is 0 Å². The maximum Gasteiger partial charge on any atom is 0.0906 e. The molecule has 11 heavy (non-hydrogen) atoms. The summed E-state index contributed by atoms with van der Waals surface area (Å²) in [6.45, 7) is 6.22. The maximum absolute atomic E-state index is 11.7. The number of hydrogen-bond donors (Lipinski definition) is 0. The van der Waals surface area contributed by atoms with Crippen molar-refractivity contribution < 1.29 is 4.39 Å². The normalized spacial score (nSPS) is 11.5. The first-order chi connectivity index (χ1) is 5.16. The van der Waals surface area contributed by atoms with E-state index in [-0.39, 0.29) is 6.67 Å². The Morgan fingerprint density at radius 3 is 2.36 bits per heavy atom. The predicted octanol–water partition coefficient (Wildman–Crippen LogP) is 2.32. The second kappa shape index (κ2) is 6.59. The molecule has 0 amide bonds. The van der Waals surface area contributed by atoms with Crippen molar-refractivity contribution in [3.8, 4) is 0 Å². The molecule has 0 saturated carbocycles. The first-order valence-electron chi connectivity index (χ1n) is 4.41. The van der Waals surface area contributed by atoms with Gasteiger partial charge in [-0.1, -0.05) is 13.8 Å². The summed E-state index contributed by atoms with van der Waals surface area (Å²) in [7, 11) is 2.05. The summed E-state index contributed by atoms with van der Waals surface area (Å²) < 4.78 is 11.7. The first-order valence-corrected chi connectivity index (χ1v) is 4.41. The van der Waals surface area contributed by atoms with E-state index >= 15 is 0 Å². The molecule has 2 heteroatoms. The van der Waals surface area contributed by atoms with Gasteiger partial charge in [-0.05, 0) is 32.4 Å². The van der Waals surface area contributed by atoms with Crippen LogP contribution in [0.15, 0.2) is 0 Å². The van der Waals surface area contributed by atoms with Crippen LogP contribution in [0.2, 0.25) is 0 Å². The van der Waals surface area contributed by atoms with E-state index in [2.05, 4.69) is 25.8 Å². The Kier molecular flexibility index (Phi) is 6.52. The Labute approximate surface area is 69.6 Å². The lowest BCUT2D eigenvalue weighted by molar-refractivity contribution is 0.292. The Bertz CT molecular complexity index is 83.6. The molecule has 0 unspecified atom stereocenters. The summed E-state index contributed by atoms with van der Waals surface area (Å²) in [6.07, 6.45) is 1.89. The van der Waals surface area contributed by atoms with Crippen LogP contribution in [-0.4, -0.2) is 31.7 Å². The van der Waals surface area contributed by atoms with Gasteiger partial charge < -0.3 is 4.90 Å². The van der Waals surface area contributed by atoms with Gasteiger partial charge in [-0.2, -0.15) is 0 Å². The fourth-order valence-corrected chi connectivity index (χ4v) is 0.920. The van der Waals surface area contributed by atoms with Crippen molar-refractivity contribution in [2.75, 3.05) is 26.8 Å². The Balaban J connectivity index is 3.15. The molecule has 0 radical (unpaired) electrons. The van der Waals surface area contributed by atoms with E-state index in [0.717, 1.165) is 19.0 Å². The molecule has 68 valence electrons. The SMILES string of the molecule is CC(C)CCN(C)CCCF. The van der Waals surface area contributed by atoms with Gasteiger partial charge in [-0.15, -0.1) is 0 Å². The van der Waals surface area contributed by atoms with Crippen LogP contribution in [0.4, 0.5) is 4.39 Å². The molecule has 0 bridgehead atoms. The average Bonchev–Trinajstić information content (AvgIpc) is 1.97. The summed E-state index contributed by atoms with van der Waals surface area (Å²) in [6, 6.07) is 0. The minimum absolute atomic E-state index is 0.188. The van der Waals surface area contributed by atoms with Crippen molar-refractivity contribution in [1.29, 1.82) is 0 Å². The molecule has 0 aromatic carbocycles. The third kappa shape index (κ3) is 7.79. The lowest BCUT2D eigenvalue weighted by Crippen LogP contribution is -2.22. The fourth-order valence-electron chi connectivity index (χ4n) is 0.920. The molecule has 0 aliphatic carbocycles. The van der Waals surface area contributed by atoms with E-state index < -0.39 is 0 Å². The van der Waals surface area contributed by atoms with Crippen LogP contribution in [0, 0.1) is 5.92 Å². The second-order valence-corrected chi connectivity index (χ2v) is 3.53. The van der Waals surface area contributed by atoms with Crippen molar-refractivity contribution in [2.45, 2.75) is 26.7 Å². The zero-order valence-electron chi connectivity index (χ0n) is 7.94. The number of halogens is 1. The van der Waals surface area contributed by atoms with Gasteiger partial charge in [0, 0.05) is 6.54 Å². The van der Waals surface area contributed by atoms with E-state index in [1.54, 1.807) is 0 Å².